The molecule has 0 atom stereocenters. The van der Waals surface area contributed by atoms with Crippen molar-refractivity contribution in [3.63, 3.8) is 0 Å². The van der Waals surface area contributed by atoms with E-state index in [1.54, 1.807) is 0 Å². The van der Waals surface area contributed by atoms with E-state index >= 15 is 0 Å². The van der Waals surface area contributed by atoms with Crippen molar-refractivity contribution in [2.24, 2.45) is 0 Å². The van der Waals surface area contributed by atoms with Crippen molar-refractivity contribution in [2.75, 3.05) is 0 Å². The molecule has 136 valence electrons. The number of rotatable bonds is 6. The Morgan fingerprint density at radius 1 is 0.536 bits per heavy atom. The highest BCUT2D eigenvalue weighted by atomic mass is 28.3. The largest absolute Gasteiger partial charge is 0.539 e. The molecule has 4 rings (SSSR count). The number of hydrogen-bond donors (Lipinski definition) is 1. The predicted octanol–water partition coefficient (Wildman–Crippen LogP) is 1.70. The fourth-order valence-corrected chi connectivity index (χ4v) is 8.74. The van der Waals surface area contributed by atoms with Crippen LogP contribution in [-0.2, 0) is 0 Å². The molecule has 0 aliphatic carbocycles. The van der Waals surface area contributed by atoms with Crippen LogP contribution < -0.4 is 25.4 Å². The first kappa shape index (κ1) is 18.3. The first-order valence-corrected chi connectivity index (χ1v) is 11.4. The molecule has 0 bridgehead atoms. The van der Waals surface area contributed by atoms with Crippen LogP contribution in [0.1, 0.15) is 0 Å². The Morgan fingerprint density at radius 3 is 1.39 bits per heavy atom. The van der Waals surface area contributed by atoms with E-state index in [-0.39, 0.29) is 7.69 Å². The molecule has 4 aromatic rings. The van der Waals surface area contributed by atoms with Gasteiger partial charge in [0.1, 0.15) is 0 Å². The van der Waals surface area contributed by atoms with Crippen LogP contribution in [-0.4, -0.2) is 20.8 Å². The smallest absolute Gasteiger partial charge is 0.504 e. The van der Waals surface area contributed by atoms with Crippen molar-refractivity contribution in [3.8, 4) is 5.75 Å². The van der Waals surface area contributed by atoms with Gasteiger partial charge in [-0.3, -0.25) is 0 Å². The van der Waals surface area contributed by atoms with Crippen molar-refractivity contribution in [2.45, 2.75) is 0 Å². The van der Waals surface area contributed by atoms with E-state index in [0.717, 1.165) is 0 Å². The molecule has 0 fully saturated rings. The molecule has 0 radical (unpaired) electrons. The molecule has 0 saturated carbocycles. The van der Waals surface area contributed by atoms with Gasteiger partial charge >= 0.3 is 7.69 Å². The Labute approximate surface area is 167 Å². The topological polar surface area (TPSA) is 29.5 Å². The number of benzene rings is 4. The molecule has 0 aliphatic rings. The first-order chi connectivity index (χ1) is 13.9. The van der Waals surface area contributed by atoms with Crippen LogP contribution in [0, 0.1) is 0 Å². The fourth-order valence-electron chi connectivity index (χ4n) is 3.96. The Bertz CT molecular complexity index is 927. The van der Waals surface area contributed by atoms with Crippen molar-refractivity contribution in [3.05, 3.63) is 115 Å². The normalized spacial score (nSPS) is 11.0. The maximum atomic E-state index is 9.25. The van der Waals surface area contributed by atoms with Gasteiger partial charge in [-0.2, -0.15) is 0 Å². The standard InChI is InChI=1S/C24H21BO2Si/c26-25-27-20-11-10-18-24(19-20)28(21-12-4-1-5-13-21,22-14-6-2-7-15-22)23-16-8-3-9-17-23/h1-19,25-26H. The zero-order valence-electron chi connectivity index (χ0n) is 15.5. The lowest BCUT2D eigenvalue weighted by Gasteiger charge is -2.34. The van der Waals surface area contributed by atoms with Crippen LogP contribution in [0.25, 0.3) is 0 Å². The summed E-state index contributed by atoms with van der Waals surface area (Å²) >= 11 is 0. The summed E-state index contributed by atoms with van der Waals surface area (Å²) in [6, 6.07) is 40.4. The lowest BCUT2D eigenvalue weighted by Crippen LogP contribution is -2.74. The van der Waals surface area contributed by atoms with Crippen molar-refractivity contribution in [1.82, 2.24) is 0 Å². The fraction of sp³-hybridized carbons (Fsp3) is 0. The molecule has 0 saturated heterocycles. The first-order valence-electron chi connectivity index (χ1n) is 9.36. The van der Waals surface area contributed by atoms with E-state index in [4.69, 9.17) is 4.65 Å². The van der Waals surface area contributed by atoms with E-state index < -0.39 is 8.07 Å². The van der Waals surface area contributed by atoms with Crippen LogP contribution in [0.4, 0.5) is 0 Å². The van der Waals surface area contributed by atoms with Crippen molar-refractivity contribution in [1.29, 1.82) is 0 Å². The summed E-state index contributed by atoms with van der Waals surface area (Å²) in [6.07, 6.45) is 0. The molecule has 0 amide bonds. The summed E-state index contributed by atoms with van der Waals surface area (Å²) < 4.78 is 5.43. The Kier molecular flexibility index (Phi) is 5.42. The van der Waals surface area contributed by atoms with Gasteiger partial charge in [0.05, 0.1) is 5.75 Å². The van der Waals surface area contributed by atoms with Gasteiger partial charge in [-0.1, -0.05) is 103 Å². The monoisotopic (exact) mass is 380 g/mol. The second kappa shape index (κ2) is 8.30. The molecular weight excluding hydrogens is 359 g/mol. The molecule has 4 heteroatoms. The minimum absolute atomic E-state index is 0.333. The summed E-state index contributed by atoms with van der Waals surface area (Å²) in [7, 11) is -2.86. The maximum Gasteiger partial charge on any atom is 0.504 e. The summed E-state index contributed by atoms with van der Waals surface area (Å²) in [6.45, 7) is 0. The molecule has 0 aliphatic heterocycles. The van der Waals surface area contributed by atoms with E-state index in [0.29, 0.717) is 5.75 Å². The van der Waals surface area contributed by atoms with Crippen molar-refractivity contribution >= 4 is 36.5 Å². The molecule has 28 heavy (non-hydrogen) atoms. The highest BCUT2D eigenvalue weighted by molar-refractivity contribution is 7.19. The maximum absolute atomic E-state index is 9.25. The molecule has 1 N–H and O–H groups in total. The molecule has 0 unspecified atom stereocenters. The van der Waals surface area contributed by atoms with Gasteiger partial charge in [0.25, 0.3) is 0 Å². The average Bonchev–Trinajstić information content (AvgIpc) is 2.77. The van der Waals surface area contributed by atoms with Gasteiger partial charge in [-0.05, 0) is 32.9 Å². The molecular formula is C24H21BO2Si. The van der Waals surface area contributed by atoms with Crippen molar-refractivity contribution < 1.29 is 9.68 Å². The third kappa shape index (κ3) is 3.28. The van der Waals surface area contributed by atoms with Crippen LogP contribution in [0.5, 0.6) is 5.75 Å². The predicted molar refractivity (Wildman–Crippen MR) is 120 cm³/mol. The van der Waals surface area contributed by atoms with Gasteiger partial charge in [-0.25, -0.2) is 0 Å². The lowest BCUT2D eigenvalue weighted by atomic mass is 10.3. The van der Waals surface area contributed by atoms with Gasteiger partial charge in [0, 0.05) is 0 Å². The highest BCUT2D eigenvalue weighted by Gasteiger charge is 2.41. The SMILES string of the molecule is OBOc1cccc([Si](c2ccccc2)(c2ccccc2)c2ccccc2)c1. The van der Waals surface area contributed by atoms with E-state index in [1.165, 1.54) is 20.7 Å². The molecule has 2 nitrogen and oxygen atoms in total. The third-order valence-electron chi connectivity index (χ3n) is 5.12. The van der Waals surface area contributed by atoms with Gasteiger partial charge < -0.3 is 9.68 Å². The Hall–Kier alpha value is -3.08. The van der Waals surface area contributed by atoms with Crippen LogP contribution in [0.15, 0.2) is 115 Å². The average molecular weight is 380 g/mol. The van der Waals surface area contributed by atoms with Crippen LogP contribution >= 0.6 is 0 Å². The van der Waals surface area contributed by atoms with E-state index in [1.807, 2.05) is 12.1 Å². The summed E-state index contributed by atoms with van der Waals surface area (Å²) in [4.78, 5) is 0. The quantitative estimate of drug-likeness (QED) is 0.408. The minimum Gasteiger partial charge on any atom is -0.539 e. The third-order valence-corrected chi connectivity index (χ3v) is 9.89. The molecule has 0 aromatic heterocycles. The van der Waals surface area contributed by atoms with Gasteiger partial charge in [0.15, 0.2) is 8.07 Å². The minimum atomic E-state index is -2.52. The highest BCUT2D eigenvalue weighted by Crippen LogP contribution is 2.13. The zero-order valence-corrected chi connectivity index (χ0v) is 16.5. The van der Waals surface area contributed by atoms with E-state index in [9.17, 15) is 5.02 Å². The van der Waals surface area contributed by atoms with Crippen LogP contribution in [0.2, 0.25) is 0 Å². The van der Waals surface area contributed by atoms with E-state index in [2.05, 4.69) is 103 Å². The van der Waals surface area contributed by atoms with Gasteiger partial charge in [-0.15, -0.1) is 0 Å². The lowest BCUT2D eigenvalue weighted by molar-refractivity contribution is 0.454. The Morgan fingerprint density at radius 2 is 0.964 bits per heavy atom. The second-order valence-corrected chi connectivity index (χ2v) is 10.5. The second-order valence-electron chi connectivity index (χ2n) is 6.65. The Balaban J connectivity index is 2.09. The van der Waals surface area contributed by atoms with Crippen LogP contribution in [0.3, 0.4) is 0 Å². The summed E-state index contributed by atoms with van der Waals surface area (Å²) in [5.41, 5.74) is 0. The summed E-state index contributed by atoms with van der Waals surface area (Å²) in [5, 5.41) is 14.4. The molecule has 0 spiro atoms. The zero-order chi connectivity index (χ0) is 19.2. The molecule has 4 aromatic carbocycles. The number of hydrogen-bond acceptors (Lipinski definition) is 2. The molecule has 0 heterocycles. The van der Waals surface area contributed by atoms with Gasteiger partial charge in [0.2, 0.25) is 0 Å². The summed E-state index contributed by atoms with van der Waals surface area (Å²) in [5.74, 6) is 0.680.